The van der Waals surface area contributed by atoms with Gasteiger partial charge in [-0.3, -0.25) is 0 Å². The van der Waals surface area contributed by atoms with E-state index >= 15 is 0 Å². The lowest BCUT2D eigenvalue weighted by Gasteiger charge is -2.42. The van der Waals surface area contributed by atoms with Crippen LogP contribution in [0, 0.1) is 0 Å². The van der Waals surface area contributed by atoms with Crippen molar-refractivity contribution in [2.75, 3.05) is 11.4 Å². The summed E-state index contributed by atoms with van der Waals surface area (Å²) in [6, 6.07) is 7.90. The van der Waals surface area contributed by atoms with Crippen LogP contribution >= 0.6 is 11.6 Å². The number of hydrogen-bond acceptors (Lipinski definition) is 3. The Hall–Kier alpha value is -2.07. The Labute approximate surface area is 146 Å². The molecule has 1 N–H and O–H groups in total. The number of nitrogens with zero attached hydrogens (tertiary/aromatic N) is 3. The number of H-pyrrole nitrogens is 1. The third kappa shape index (κ3) is 2.55. The number of nitrogens with one attached hydrogen (secondary N) is 1. The Balaban J connectivity index is 1.78. The standard InChI is InChI=1S/C19H21ClN4/c1-19(2)9-3-4-11-24(19)18-21-10-8-16(23-18)14-12-22-17-13(14)6-5-7-15(17)20/h5-8,10,12,22H,3-4,9,11H2,1-2H3. The number of anilines is 1. The first-order valence-electron chi connectivity index (χ1n) is 8.43. The van der Waals surface area contributed by atoms with Crippen LogP contribution in [0.4, 0.5) is 5.95 Å². The van der Waals surface area contributed by atoms with Crippen molar-refractivity contribution in [1.82, 2.24) is 15.0 Å². The van der Waals surface area contributed by atoms with Crippen LogP contribution in [0.3, 0.4) is 0 Å². The molecule has 2 aromatic heterocycles. The van der Waals surface area contributed by atoms with E-state index in [9.17, 15) is 0 Å². The van der Waals surface area contributed by atoms with Crippen molar-refractivity contribution in [3.05, 3.63) is 41.7 Å². The minimum absolute atomic E-state index is 0.0976. The molecule has 1 fully saturated rings. The fourth-order valence-electron chi connectivity index (χ4n) is 3.59. The summed E-state index contributed by atoms with van der Waals surface area (Å²) in [6.45, 7) is 5.55. The average Bonchev–Trinajstić information content (AvgIpc) is 3.00. The van der Waals surface area contributed by atoms with E-state index in [-0.39, 0.29) is 5.54 Å². The largest absolute Gasteiger partial charge is 0.359 e. The first-order chi connectivity index (χ1) is 11.6. The SMILES string of the molecule is CC1(C)CCCCN1c1nccc(-c2c[nH]c3c(Cl)cccc23)n1. The van der Waals surface area contributed by atoms with Crippen LogP contribution < -0.4 is 4.90 Å². The molecular weight excluding hydrogens is 320 g/mol. The summed E-state index contributed by atoms with van der Waals surface area (Å²) in [7, 11) is 0. The summed E-state index contributed by atoms with van der Waals surface area (Å²) in [5.74, 6) is 0.813. The van der Waals surface area contributed by atoms with E-state index in [1.165, 1.54) is 19.3 Å². The van der Waals surface area contributed by atoms with Crippen molar-refractivity contribution in [2.24, 2.45) is 0 Å². The quantitative estimate of drug-likeness (QED) is 0.710. The van der Waals surface area contributed by atoms with Gasteiger partial charge in [-0.05, 0) is 45.2 Å². The molecular formula is C19H21ClN4. The zero-order valence-electron chi connectivity index (χ0n) is 14.0. The van der Waals surface area contributed by atoms with Crippen molar-refractivity contribution in [3.8, 4) is 11.3 Å². The Bertz CT molecular complexity index is 884. The summed E-state index contributed by atoms with van der Waals surface area (Å²) in [4.78, 5) is 15.0. The Kier molecular flexibility index (Phi) is 3.72. The van der Waals surface area contributed by atoms with Crippen molar-refractivity contribution in [1.29, 1.82) is 0 Å². The molecule has 0 radical (unpaired) electrons. The molecule has 0 amide bonds. The number of halogens is 1. The maximum Gasteiger partial charge on any atom is 0.226 e. The number of piperidine rings is 1. The molecule has 0 spiro atoms. The van der Waals surface area contributed by atoms with E-state index in [1.54, 1.807) is 0 Å². The highest BCUT2D eigenvalue weighted by Gasteiger charge is 2.31. The normalized spacial score (nSPS) is 17.4. The fraction of sp³-hybridized carbons (Fsp3) is 0.368. The maximum absolute atomic E-state index is 6.28. The van der Waals surface area contributed by atoms with Gasteiger partial charge in [-0.25, -0.2) is 9.97 Å². The molecule has 0 atom stereocenters. The van der Waals surface area contributed by atoms with Gasteiger partial charge in [-0.2, -0.15) is 0 Å². The highest BCUT2D eigenvalue weighted by atomic mass is 35.5. The van der Waals surface area contributed by atoms with E-state index < -0.39 is 0 Å². The summed E-state index contributed by atoms with van der Waals surface area (Å²) < 4.78 is 0. The number of rotatable bonds is 2. The Morgan fingerprint density at radius 2 is 2.08 bits per heavy atom. The minimum Gasteiger partial charge on any atom is -0.359 e. The van der Waals surface area contributed by atoms with Gasteiger partial charge in [0, 0.05) is 35.4 Å². The minimum atomic E-state index is 0.0976. The molecule has 0 saturated carbocycles. The number of fused-ring (bicyclic) bond motifs is 1. The van der Waals surface area contributed by atoms with Crippen LogP contribution in [0.5, 0.6) is 0 Å². The molecule has 3 aromatic rings. The highest BCUT2D eigenvalue weighted by molar-refractivity contribution is 6.35. The van der Waals surface area contributed by atoms with Crippen LogP contribution in [0.1, 0.15) is 33.1 Å². The topological polar surface area (TPSA) is 44.8 Å². The second-order valence-electron chi connectivity index (χ2n) is 7.03. The van der Waals surface area contributed by atoms with Gasteiger partial charge in [0.2, 0.25) is 5.95 Å². The number of aromatic nitrogens is 3. The monoisotopic (exact) mass is 340 g/mol. The molecule has 5 heteroatoms. The molecule has 1 aliphatic rings. The van der Waals surface area contributed by atoms with Gasteiger partial charge in [0.25, 0.3) is 0 Å². The molecule has 0 aliphatic carbocycles. The lowest BCUT2D eigenvalue weighted by atomic mass is 9.91. The predicted molar refractivity (Wildman–Crippen MR) is 99.6 cm³/mol. The van der Waals surface area contributed by atoms with Crippen molar-refractivity contribution in [2.45, 2.75) is 38.6 Å². The fourth-order valence-corrected chi connectivity index (χ4v) is 3.82. The first kappa shape index (κ1) is 15.5. The third-order valence-electron chi connectivity index (χ3n) is 4.98. The van der Waals surface area contributed by atoms with Crippen LogP contribution in [-0.2, 0) is 0 Å². The molecule has 4 nitrogen and oxygen atoms in total. The van der Waals surface area contributed by atoms with Crippen molar-refractivity contribution < 1.29 is 0 Å². The van der Waals surface area contributed by atoms with Crippen molar-refractivity contribution in [3.63, 3.8) is 0 Å². The lowest BCUT2D eigenvalue weighted by molar-refractivity contribution is 0.356. The summed E-state index contributed by atoms with van der Waals surface area (Å²) in [5, 5.41) is 1.82. The van der Waals surface area contributed by atoms with Gasteiger partial charge in [-0.15, -0.1) is 0 Å². The predicted octanol–water partition coefficient (Wildman–Crippen LogP) is 5.05. The highest BCUT2D eigenvalue weighted by Crippen LogP contribution is 2.34. The second kappa shape index (κ2) is 5.78. The summed E-state index contributed by atoms with van der Waals surface area (Å²) in [5.41, 5.74) is 3.04. The number of benzene rings is 1. The average molecular weight is 341 g/mol. The molecule has 3 heterocycles. The van der Waals surface area contributed by atoms with Gasteiger partial charge in [-0.1, -0.05) is 23.7 Å². The Morgan fingerprint density at radius 3 is 2.92 bits per heavy atom. The molecule has 124 valence electrons. The van der Waals surface area contributed by atoms with Gasteiger partial charge >= 0.3 is 0 Å². The molecule has 4 rings (SSSR count). The lowest BCUT2D eigenvalue weighted by Crippen LogP contribution is -2.48. The molecule has 1 saturated heterocycles. The van der Waals surface area contributed by atoms with Gasteiger partial charge in [0.1, 0.15) is 0 Å². The third-order valence-corrected chi connectivity index (χ3v) is 5.29. The zero-order valence-corrected chi connectivity index (χ0v) is 14.8. The molecule has 1 aromatic carbocycles. The summed E-state index contributed by atoms with van der Waals surface area (Å²) >= 11 is 6.28. The van der Waals surface area contributed by atoms with Gasteiger partial charge < -0.3 is 9.88 Å². The van der Waals surface area contributed by atoms with Crippen LogP contribution in [0.2, 0.25) is 5.02 Å². The van der Waals surface area contributed by atoms with Crippen LogP contribution in [0.15, 0.2) is 36.7 Å². The smallest absolute Gasteiger partial charge is 0.226 e. The van der Waals surface area contributed by atoms with E-state index in [1.807, 2.05) is 30.6 Å². The molecule has 0 bridgehead atoms. The van der Waals surface area contributed by atoms with E-state index in [0.717, 1.165) is 39.7 Å². The zero-order chi connectivity index (χ0) is 16.7. The van der Waals surface area contributed by atoms with Crippen molar-refractivity contribution >= 4 is 28.5 Å². The molecule has 0 unspecified atom stereocenters. The van der Waals surface area contributed by atoms with E-state index in [4.69, 9.17) is 16.6 Å². The van der Waals surface area contributed by atoms with Crippen LogP contribution in [0.25, 0.3) is 22.2 Å². The number of aromatic amines is 1. The van der Waals surface area contributed by atoms with Gasteiger partial charge in [0.15, 0.2) is 0 Å². The second-order valence-corrected chi connectivity index (χ2v) is 7.44. The number of hydrogen-bond donors (Lipinski definition) is 1. The van der Waals surface area contributed by atoms with Crippen LogP contribution in [-0.4, -0.2) is 27.0 Å². The summed E-state index contributed by atoms with van der Waals surface area (Å²) in [6.07, 6.45) is 7.46. The Morgan fingerprint density at radius 1 is 1.21 bits per heavy atom. The maximum atomic E-state index is 6.28. The first-order valence-corrected chi connectivity index (χ1v) is 8.81. The molecule has 24 heavy (non-hydrogen) atoms. The van der Waals surface area contributed by atoms with E-state index in [2.05, 4.69) is 34.8 Å². The van der Waals surface area contributed by atoms with Gasteiger partial charge in [0.05, 0.1) is 16.2 Å². The molecule has 1 aliphatic heterocycles. The number of para-hydroxylation sites is 1. The van der Waals surface area contributed by atoms with E-state index in [0.29, 0.717) is 0 Å².